The SMILES string of the molecule is O=C(c1ccc(F)c(Cl)c1)N1CCCC(CCCl)C1. The zero-order valence-corrected chi connectivity index (χ0v) is 12.1. The van der Waals surface area contributed by atoms with E-state index in [-0.39, 0.29) is 10.9 Å². The Hall–Kier alpha value is -0.800. The third kappa shape index (κ3) is 3.61. The molecular weight excluding hydrogens is 288 g/mol. The molecule has 1 fully saturated rings. The van der Waals surface area contributed by atoms with E-state index in [9.17, 15) is 9.18 Å². The summed E-state index contributed by atoms with van der Waals surface area (Å²) in [5.41, 5.74) is 0.443. The molecule has 0 bridgehead atoms. The van der Waals surface area contributed by atoms with Gasteiger partial charge in [0.15, 0.2) is 0 Å². The van der Waals surface area contributed by atoms with Crippen LogP contribution in [0.1, 0.15) is 29.6 Å². The summed E-state index contributed by atoms with van der Waals surface area (Å²) < 4.78 is 13.1. The number of amides is 1. The lowest BCUT2D eigenvalue weighted by atomic mass is 9.95. The van der Waals surface area contributed by atoms with Crippen LogP contribution in [0.3, 0.4) is 0 Å². The van der Waals surface area contributed by atoms with Crippen molar-refractivity contribution in [3.8, 4) is 0 Å². The monoisotopic (exact) mass is 303 g/mol. The lowest BCUT2D eigenvalue weighted by Gasteiger charge is -2.32. The molecule has 1 atom stereocenters. The molecule has 2 nitrogen and oxygen atoms in total. The highest BCUT2D eigenvalue weighted by Crippen LogP contribution is 2.23. The van der Waals surface area contributed by atoms with Gasteiger partial charge in [-0.25, -0.2) is 4.39 Å². The normalized spacial score (nSPS) is 19.5. The highest BCUT2D eigenvalue weighted by molar-refractivity contribution is 6.31. The molecule has 0 radical (unpaired) electrons. The second-order valence-electron chi connectivity index (χ2n) is 4.87. The number of likely N-dealkylation sites (tertiary alicyclic amines) is 1. The van der Waals surface area contributed by atoms with Crippen LogP contribution in [0.4, 0.5) is 4.39 Å². The van der Waals surface area contributed by atoms with E-state index in [2.05, 4.69) is 0 Å². The molecule has 0 aromatic heterocycles. The lowest BCUT2D eigenvalue weighted by molar-refractivity contribution is 0.0671. The minimum atomic E-state index is -0.503. The number of benzene rings is 1. The third-order valence-corrected chi connectivity index (χ3v) is 4.00. The van der Waals surface area contributed by atoms with Gasteiger partial charge in [-0.1, -0.05) is 11.6 Å². The number of carbonyl (C=O) groups excluding carboxylic acids is 1. The summed E-state index contributed by atoms with van der Waals surface area (Å²) in [6.07, 6.45) is 3.03. The summed E-state index contributed by atoms with van der Waals surface area (Å²) in [7, 11) is 0. The Kier molecular flexibility index (Phi) is 5.06. The third-order valence-electron chi connectivity index (χ3n) is 3.49. The molecule has 104 valence electrons. The van der Waals surface area contributed by atoms with E-state index in [1.165, 1.54) is 18.2 Å². The van der Waals surface area contributed by atoms with E-state index in [4.69, 9.17) is 23.2 Å². The molecule has 1 heterocycles. The maximum atomic E-state index is 13.1. The van der Waals surface area contributed by atoms with Crippen LogP contribution in [-0.4, -0.2) is 29.8 Å². The Labute approximate surface area is 122 Å². The first-order valence-electron chi connectivity index (χ1n) is 6.42. The van der Waals surface area contributed by atoms with E-state index in [1.54, 1.807) is 0 Å². The molecule has 19 heavy (non-hydrogen) atoms. The number of halogens is 3. The van der Waals surface area contributed by atoms with Crippen molar-refractivity contribution >= 4 is 29.1 Å². The van der Waals surface area contributed by atoms with Gasteiger partial charge in [-0.15, -0.1) is 11.6 Å². The summed E-state index contributed by atoms with van der Waals surface area (Å²) in [6, 6.07) is 4.11. The van der Waals surface area contributed by atoms with E-state index in [0.717, 1.165) is 32.4 Å². The van der Waals surface area contributed by atoms with E-state index in [0.29, 0.717) is 17.4 Å². The van der Waals surface area contributed by atoms with Gasteiger partial charge in [-0.05, 0) is 43.4 Å². The fraction of sp³-hybridized carbons (Fsp3) is 0.500. The summed E-state index contributed by atoms with van der Waals surface area (Å²) in [4.78, 5) is 14.1. The molecule has 0 spiro atoms. The molecule has 1 aromatic carbocycles. The quantitative estimate of drug-likeness (QED) is 0.774. The van der Waals surface area contributed by atoms with Gasteiger partial charge < -0.3 is 4.90 Å². The molecule has 0 saturated carbocycles. The molecule has 1 amide bonds. The fourth-order valence-corrected chi connectivity index (χ4v) is 2.94. The molecular formula is C14H16Cl2FNO. The molecule has 1 saturated heterocycles. The van der Waals surface area contributed by atoms with Gasteiger partial charge in [-0.3, -0.25) is 4.79 Å². The Morgan fingerprint density at radius 2 is 2.26 bits per heavy atom. The van der Waals surface area contributed by atoms with Crippen molar-refractivity contribution in [1.29, 1.82) is 0 Å². The predicted molar refractivity (Wildman–Crippen MR) is 75.4 cm³/mol. The van der Waals surface area contributed by atoms with Crippen LogP contribution in [0.5, 0.6) is 0 Å². The van der Waals surface area contributed by atoms with Crippen molar-refractivity contribution in [2.75, 3.05) is 19.0 Å². The van der Waals surface area contributed by atoms with Crippen LogP contribution < -0.4 is 0 Å². The van der Waals surface area contributed by atoms with Crippen molar-refractivity contribution < 1.29 is 9.18 Å². The van der Waals surface area contributed by atoms with Gasteiger partial charge in [0.2, 0.25) is 0 Å². The van der Waals surface area contributed by atoms with Crippen LogP contribution in [0.2, 0.25) is 5.02 Å². The van der Waals surface area contributed by atoms with Crippen molar-refractivity contribution in [3.05, 3.63) is 34.6 Å². The summed E-state index contributed by atoms with van der Waals surface area (Å²) in [5, 5.41) is -0.0137. The van der Waals surface area contributed by atoms with Gasteiger partial charge >= 0.3 is 0 Å². The Bertz CT molecular complexity index is 465. The Balaban J connectivity index is 2.08. The van der Waals surface area contributed by atoms with Crippen molar-refractivity contribution in [2.45, 2.75) is 19.3 Å². The number of alkyl halides is 1. The molecule has 0 N–H and O–H groups in total. The van der Waals surface area contributed by atoms with Gasteiger partial charge in [0, 0.05) is 24.5 Å². The first kappa shape index (κ1) is 14.6. The minimum absolute atomic E-state index is 0.0137. The molecule has 1 aromatic rings. The zero-order chi connectivity index (χ0) is 13.8. The smallest absolute Gasteiger partial charge is 0.253 e. The summed E-state index contributed by atoms with van der Waals surface area (Å²) in [6.45, 7) is 1.47. The van der Waals surface area contributed by atoms with Crippen LogP contribution in [-0.2, 0) is 0 Å². The highest BCUT2D eigenvalue weighted by atomic mass is 35.5. The maximum absolute atomic E-state index is 13.1. The number of piperidine rings is 1. The lowest BCUT2D eigenvalue weighted by Crippen LogP contribution is -2.40. The van der Waals surface area contributed by atoms with Crippen LogP contribution in [0.25, 0.3) is 0 Å². The van der Waals surface area contributed by atoms with Gasteiger partial charge in [-0.2, -0.15) is 0 Å². The number of carbonyl (C=O) groups is 1. The predicted octanol–water partition coefficient (Wildman–Crippen LogP) is 3.96. The minimum Gasteiger partial charge on any atom is -0.338 e. The van der Waals surface area contributed by atoms with Gasteiger partial charge in [0.1, 0.15) is 5.82 Å². The van der Waals surface area contributed by atoms with Crippen molar-refractivity contribution in [1.82, 2.24) is 4.90 Å². The van der Waals surface area contributed by atoms with Crippen LogP contribution in [0.15, 0.2) is 18.2 Å². The highest BCUT2D eigenvalue weighted by Gasteiger charge is 2.24. The van der Waals surface area contributed by atoms with Crippen molar-refractivity contribution in [3.63, 3.8) is 0 Å². The molecule has 5 heteroatoms. The molecule has 1 aliphatic rings. The van der Waals surface area contributed by atoms with E-state index < -0.39 is 5.82 Å². The summed E-state index contributed by atoms with van der Waals surface area (Å²) >= 11 is 11.5. The zero-order valence-electron chi connectivity index (χ0n) is 10.5. The first-order chi connectivity index (χ1) is 9.11. The molecule has 1 aliphatic heterocycles. The van der Waals surface area contributed by atoms with Crippen molar-refractivity contribution in [2.24, 2.45) is 5.92 Å². The molecule has 2 rings (SSSR count). The standard InChI is InChI=1S/C14H16Cl2FNO/c15-6-5-10-2-1-7-18(9-10)14(19)11-3-4-13(17)12(16)8-11/h3-4,8,10H,1-2,5-7,9H2. The first-order valence-corrected chi connectivity index (χ1v) is 7.33. The molecule has 1 unspecified atom stereocenters. The largest absolute Gasteiger partial charge is 0.338 e. The topological polar surface area (TPSA) is 20.3 Å². The van der Waals surface area contributed by atoms with E-state index >= 15 is 0 Å². The van der Waals surface area contributed by atoms with E-state index in [1.807, 2.05) is 4.90 Å². The summed E-state index contributed by atoms with van der Waals surface area (Å²) in [5.74, 6) is 0.499. The molecule has 0 aliphatic carbocycles. The Morgan fingerprint density at radius 3 is 2.95 bits per heavy atom. The van der Waals surface area contributed by atoms with Crippen LogP contribution >= 0.6 is 23.2 Å². The fourth-order valence-electron chi connectivity index (χ4n) is 2.45. The average Bonchev–Trinajstić information content (AvgIpc) is 2.42. The second kappa shape index (κ2) is 6.58. The van der Waals surface area contributed by atoms with Crippen LogP contribution in [0, 0.1) is 11.7 Å². The number of nitrogens with zero attached hydrogens (tertiary/aromatic N) is 1. The number of hydrogen-bond donors (Lipinski definition) is 0. The maximum Gasteiger partial charge on any atom is 0.253 e. The Morgan fingerprint density at radius 1 is 1.47 bits per heavy atom. The number of rotatable bonds is 3. The number of hydrogen-bond acceptors (Lipinski definition) is 1. The average molecular weight is 304 g/mol. The van der Waals surface area contributed by atoms with Gasteiger partial charge in [0.25, 0.3) is 5.91 Å². The van der Waals surface area contributed by atoms with Gasteiger partial charge in [0.05, 0.1) is 5.02 Å². The second-order valence-corrected chi connectivity index (χ2v) is 5.65.